The largest absolute Gasteiger partial charge is 0.268 e. The maximum Gasteiger partial charge on any atom is 0.268 e. The van der Waals surface area contributed by atoms with Gasteiger partial charge in [-0.2, -0.15) is 0 Å². The Hall–Kier alpha value is -2.21. The molecule has 130 valence electrons. The first kappa shape index (κ1) is 17.6. The second kappa shape index (κ2) is 7.35. The molecule has 0 saturated carbocycles. The van der Waals surface area contributed by atoms with Crippen molar-refractivity contribution in [3.63, 3.8) is 0 Å². The summed E-state index contributed by atoms with van der Waals surface area (Å²) in [5.41, 5.74) is 2.60. The molecule has 0 N–H and O–H groups in total. The molecule has 1 aromatic carbocycles. The van der Waals surface area contributed by atoms with Gasteiger partial charge in [-0.25, -0.2) is 14.4 Å². The minimum Gasteiger partial charge on any atom is -0.268 e. The van der Waals surface area contributed by atoms with Crippen LogP contribution < -0.4 is 5.56 Å². The molecule has 3 rings (SSSR count). The van der Waals surface area contributed by atoms with Crippen LogP contribution in [0.2, 0.25) is 0 Å². The summed E-state index contributed by atoms with van der Waals surface area (Å²) in [6, 6.07) is 7.79. The number of nitrogens with zero attached hydrogens (tertiary/aromatic N) is 3. The van der Waals surface area contributed by atoms with Crippen LogP contribution in [0.1, 0.15) is 31.0 Å². The molecule has 2 aromatic heterocycles. The van der Waals surface area contributed by atoms with Crippen LogP contribution in [0.5, 0.6) is 0 Å². The lowest BCUT2D eigenvalue weighted by Gasteiger charge is -2.14. The number of benzene rings is 1. The molecule has 25 heavy (non-hydrogen) atoms. The molecular weight excluding hydrogens is 337 g/mol. The molecule has 4 nitrogen and oxygen atoms in total. The summed E-state index contributed by atoms with van der Waals surface area (Å²) < 4.78 is 14.9. The van der Waals surface area contributed by atoms with E-state index in [-0.39, 0.29) is 11.4 Å². The summed E-state index contributed by atoms with van der Waals surface area (Å²) in [6.45, 7) is 5.90. The smallest absolute Gasteiger partial charge is 0.268 e. The number of unbranched alkanes of at least 4 members (excludes halogenated alkanes) is 1. The first-order valence-electron chi connectivity index (χ1n) is 8.31. The molecule has 0 aliphatic rings. The average molecular weight is 357 g/mol. The number of fused-ring (bicyclic) bond motifs is 1. The minimum absolute atomic E-state index is 0.166. The van der Waals surface area contributed by atoms with Crippen molar-refractivity contribution < 1.29 is 4.39 Å². The van der Waals surface area contributed by atoms with Gasteiger partial charge in [-0.15, -0.1) is 0 Å². The highest BCUT2D eigenvalue weighted by molar-refractivity contribution is 7.99. The van der Waals surface area contributed by atoms with Crippen molar-refractivity contribution in [3.05, 3.63) is 57.8 Å². The number of aryl methyl sites for hydroxylation is 2. The summed E-state index contributed by atoms with van der Waals surface area (Å²) in [7, 11) is 0. The number of pyridine rings is 1. The molecule has 0 bridgehead atoms. The highest BCUT2D eigenvalue weighted by atomic mass is 32.2. The molecule has 0 unspecified atom stereocenters. The van der Waals surface area contributed by atoms with Gasteiger partial charge >= 0.3 is 0 Å². The molecule has 0 amide bonds. The van der Waals surface area contributed by atoms with Crippen LogP contribution in [0.25, 0.3) is 16.7 Å². The zero-order valence-electron chi connectivity index (χ0n) is 14.5. The number of hydrogen-bond donors (Lipinski definition) is 0. The van der Waals surface area contributed by atoms with Crippen LogP contribution in [0.3, 0.4) is 0 Å². The summed E-state index contributed by atoms with van der Waals surface area (Å²) in [5, 5.41) is 1.10. The zero-order valence-corrected chi connectivity index (χ0v) is 15.4. The van der Waals surface area contributed by atoms with Gasteiger partial charge in [0.15, 0.2) is 10.8 Å². The van der Waals surface area contributed by atoms with Crippen molar-refractivity contribution in [3.8, 4) is 5.69 Å². The number of thioether (sulfide) groups is 1. The molecule has 6 heteroatoms. The second-order valence-corrected chi connectivity index (χ2v) is 7.05. The Morgan fingerprint density at radius 3 is 2.56 bits per heavy atom. The lowest BCUT2D eigenvalue weighted by molar-refractivity contribution is 0.627. The molecule has 0 spiro atoms. The molecule has 2 heterocycles. The molecule has 3 aromatic rings. The predicted octanol–water partition coefficient (Wildman–Crippen LogP) is 4.43. The lowest BCUT2D eigenvalue weighted by atomic mass is 10.2. The Morgan fingerprint density at radius 2 is 1.88 bits per heavy atom. The Labute approximate surface area is 150 Å². The van der Waals surface area contributed by atoms with E-state index in [0.717, 1.165) is 29.9 Å². The van der Waals surface area contributed by atoms with Crippen molar-refractivity contribution in [1.29, 1.82) is 0 Å². The van der Waals surface area contributed by atoms with E-state index >= 15 is 0 Å². The van der Waals surface area contributed by atoms with E-state index in [1.807, 2.05) is 19.9 Å². The number of hydrogen-bond acceptors (Lipinski definition) is 4. The molecular formula is C19H20FN3OS. The summed E-state index contributed by atoms with van der Waals surface area (Å²) in [4.78, 5) is 22.3. The van der Waals surface area contributed by atoms with Crippen LogP contribution in [-0.4, -0.2) is 20.3 Å². The number of halogens is 1. The van der Waals surface area contributed by atoms with Gasteiger partial charge in [0.2, 0.25) is 0 Å². The van der Waals surface area contributed by atoms with Gasteiger partial charge in [0.05, 0.1) is 11.1 Å². The Bertz CT molecular complexity index is 967. The Kier molecular flexibility index (Phi) is 5.18. The SMILES string of the molecule is CCCCSc1nc2nc(C)cc(C)c2c(=O)n1-c1ccc(F)cc1. The van der Waals surface area contributed by atoms with Gasteiger partial charge in [-0.1, -0.05) is 25.1 Å². The number of aromatic nitrogens is 3. The van der Waals surface area contributed by atoms with Crippen LogP contribution in [0, 0.1) is 19.7 Å². The maximum absolute atomic E-state index is 13.3. The summed E-state index contributed by atoms with van der Waals surface area (Å²) >= 11 is 1.53. The molecule has 0 fully saturated rings. The lowest BCUT2D eigenvalue weighted by Crippen LogP contribution is -2.23. The van der Waals surface area contributed by atoms with Crippen molar-refractivity contribution in [2.45, 2.75) is 38.8 Å². The topological polar surface area (TPSA) is 47.8 Å². The summed E-state index contributed by atoms with van der Waals surface area (Å²) in [5.74, 6) is 0.527. The van der Waals surface area contributed by atoms with E-state index < -0.39 is 0 Å². The van der Waals surface area contributed by atoms with Gasteiger partial charge in [0, 0.05) is 11.4 Å². The molecule has 0 aliphatic heterocycles. The van der Waals surface area contributed by atoms with Crippen LogP contribution >= 0.6 is 11.8 Å². The Morgan fingerprint density at radius 1 is 1.16 bits per heavy atom. The monoisotopic (exact) mass is 357 g/mol. The van der Waals surface area contributed by atoms with Gasteiger partial charge in [0.25, 0.3) is 5.56 Å². The molecule has 0 radical (unpaired) electrons. The fourth-order valence-corrected chi connectivity index (χ4v) is 3.81. The molecule has 0 aliphatic carbocycles. The maximum atomic E-state index is 13.3. The average Bonchev–Trinajstić information content (AvgIpc) is 2.55. The molecule has 0 atom stereocenters. The van der Waals surface area contributed by atoms with Gasteiger partial charge in [0.1, 0.15) is 5.82 Å². The second-order valence-electron chi connectivity index (χ2n) is 5.99. The van der Waals surface area contributed by atoms with Crippen molar-refractivity contribution in [1.82, 2.24) is 14.5 Å². The third-order valence-corrected chi connectivity index (χ3v) is 4.97. The van der Waals surface area contributed by atoms with Crippen LogP contribution in [0.15, 0.2) is 40.3 Å². The highest BCUT2D eigenvalue weighted by Gasteiger charge is 2.16. The first-order chi connectivity index (χ1) is 12.0. The van der Waals surface area contributed by atoms with Crippen molar-refractivity contribution in [2.75, 3.05) is 5.75 Å². The third kappa shape index (κ3) is 3.58. The normalized spacial score (nSPS) is 11.2. The summed E-state index contributed by atoms with van der Waals surface area (Å²) in [6.07, 6.45) is 2.10. The number of rotatable bonds is 5. The van der Waals surface area contributed by atoms with E-state index in [1.54, 1.807) is 16.7 Å². The van der Waals surface area contributed by atoms with E-state index in [4.69, 9.17) is 0 Å². The van der Waals surface area contributed by atoms with Gasteiger partial charge in [-0.3, -0.25) is 9.36 Å². The fraction of sp³-hybridized carbons (Fsp3) is 0.316. The molecule has 0 saturated heterocycles. The van der Waals surface area contributed by atoms with E-state index in [2.05, 4.69) is 16.9 Å². The van der Waals surface area contributed by atoms with Gasteiger partial charge < -0.3 is 0 Å². The van der Waals surface area contributed by atoms with Crippen LogP contribution in [-0.2, 0) is 0 Å². The fourth-order valence-electron chi connectivity index (χ4n) is 2.72. The first-order valence-corrected chi connectivity index (χ1v) is 9.29. The predicted molar refractivity (Wildman–Crippen MR) is 100 cm³/mol. The minimum atomic E-state index is -0.334. The Balaban J connectivity index is 2.27. The van der Waals surface area contributed by atoms with E-state index in [9.17, 15) is 9.18 Å². The van der Waals surface area contributed by atoms with Gasteiger partial charge in [-0.05, 0) is 56.2 Å². The zero-order chi connectivity index (χ0) is 18.0. The van der Waals surface area contributed by atoms with Crippen LogP contribution in [0.4, 0.5) is 4.39 Å². The van der Waals surface area contributed by atoms with Crippen molar-refractivity contribution >= 4 is 22.8 Å². The quantitative estimate of drug-likeness (QED) is 0.385. The third-order valence-electron chi connectivity index (χ3n) is 3.95. The van der Waals surface area contributed by atoms with E-state index in [0.29, 0.717) is 21.9 Å². The highest BCUT2D eigenvalue weighted by Crippen LogP contribution is 2.23. The van der Waals surface area contributed by atoms with E-state index in [1.165, 1.54) is 23.9 Å². The standard InChI is InChI=1S/C19H20FN3OS/c1-4-5-10-25-19-22-17-16(12(2)11-13(3)21-17)18(24)23(19)15-8-6-14(20)7-9-15/h6-9,11H,4-5,10H2,1-3H3. The van der Waals surface area contributed by atoms with Crippen molar-refractivity contribution in [2.24, 2.45) is 0 Å².